The Balaban J connectivity index is 1.21. The average molecular weight is 479 g/mol. The predicted molar refractivity (Wildman–Crippen MR) is 152 cm³/mol. The van der Waals surface area contributed by atoms with E-state index in [-0.39, 0.29) is 0 Å². The number of nitrogens with zero attached hydrogens (tertiary/aromatic N) is 4. The minimum absolute atomic E-state index is 0.883. The predicted octanol–water partition coefficient (Wildman–Crippen LogP) is 7.04. The molecule has 0 saturated heterocycles. The Labute approximate surface area is 216 Å². The van der Waals surface area contributed by atoms with E-state index in [2.05, 4.69) is 134 Å². The molecule has 0 saturated carbocycles. The Morgan fingerprint density at radius 1 is 0.528 bits per heavy atom. The second kappa shape index (κ2) is 9.77. The molecule has 0 N–H and O–H groups in total. The first-order chi connectivity index (χ1) is 17.3. The first-order valence-corrected chi connectivity index (χ1v) is 12.9. The normalized spacial score (nSPS) is 15.1. The molecule has 0 bridgehead atoms. The van der Waals surface area contributed by atoms with E-state index < -0.39 is 0 Å². The third-order valence-electron chi connectivity index (χ3n) is 7.19. The number of aryl methyl sites for hydroxylation is 6. The van der Waals surface area contributed by atoms with Gasteiger partial charge in [-0.3, -0.25) is 0 Å². The molecule has 0 fully saturated rings. The van der Waals surface area contributed by atoms with Crippen molar-refractivity contribution in [2.45, 2.75) is 54.6 Å². The van der Waals surface area contributed by atoms with Crippen LogP contribution in [0.3, 0.4) is 0 Å². The van der Waals surface area contributed by atoms with Crippen LogP contribution in [0.1, 0.15) is 44.5 Å². The zero-order valence-corrected chi connectivity index (χ0v) is 22.5. The first-order valence-electron chi connectivity index (χ1n) is 12.9. The molecule has 36 heavy (non-hydrogen) atoms. The van der Waals surface area contributed by atoms with Gasteiger partial charge in [0.25, 0.3) is 0 Å². The molecule has 4 nitrogen and oxygen atoms in total. The molecule has 0 spiro atoms. The van der Waals surface area contributed by atoms with Crippen LogP contribution in [0.5, 0.6) is 0 Å². The van der Waals surface area contributed by atoms with Crippen molar-refractivity contribution in [2.75, 3.05) is 23.1 Å². The van der Waals surface area contributed by atoms with E-state index in [4.69, 9.17) is 0 Å². The standard InChI is InChI=1S/C32H38N4/c1-23-14-25(3)31(26(4)15-23)35-12-10-33(21-35)19-29-8-7-9-30(18-29)20-34-11-13-36(22-34)32-27(5)16-24(2)17-28(32)6/h7-18H,19-22H2,1-6H3. The molecule has 186 valence electrons. The highest BCUT2D eigenvalue weighted by Gasteiger charge is 2.20. The molecule has 0 unspecified atom stereocenters. The van der Waals surface area contributed by atoms with Gasteiger partial charge in [-0.05, 0) is 74.9 Å². The van der Waals surface area contributed by atoms with E-state index in [1.807, 2.05) is 0 Å². The van der Waals surface area contributed by atoms with Crippen LogP contribution < -0.4 is 9.80 Å². The zero-order chi connectivity index (χ0) is 25.4. The second-order valence-corrected chi connectivity index (χ2v) is 10.6. The monoisotopic (exact) mass is 478 g/mol. The summed E-state index contributed by atoms with van der Waals surface area (Å²) >= 11 is 0. The molecule has 0 radical (unpaired) electrons. The van der Waals surface area contributed by atoms with Gasteiger partial charge in [0.15, 0.2) is 0 Å². The summed E-state index contributed by atoms with van der Waals surface area (Å²) in [5.41, 5.74) is 13.4. The topological polar surface area (TPSA) is 13.0 Å². The quantitative estimate of drug-likeness (QED) is 0.377. The number of anilines is 2. The minimum atomic E-state index is 0.883. The van der Waals surface area contributed by atoms with Crippen LogP contribution in [-0.2, 0) is 13.1 Å². The van der Waals surface area contributed by atoms with E-state index in [0.717, 1.165) is 26.4 Å². The number of rotatable bonds is 6. The summed E-state index contributed by atoms with van der Waals surface area (Å²) in [6.45, 7) is 16.8. The van der Waals surface area contributed by atoms with Crippen LogP contribution in [0.2, 0.25) is 0 Å². The second-order valence-electron chi connectivity index (χ2n) is 10.6. The van der Waals surface area contributed by atoms with Crippen LogP contribution in [0.4, 0.5) is 11.4 Å². The summed E-state index contributed by atoms with van der Waals surface area (Å²) in [5.74, 6) is 0. The Bertz CT molecular complexity index is 1190. The fourth-order valence-electron chi connectivity index (χ4n) is 5.97. The van der Waals surface area contributed by atoms with Gasteiger partial charge in [0.2, 0.25) is 0 Å². The molecule has 0 amide bonds. The lowest BCUT2D eigenvalue weighted by molar-refractivity contribution is 0.393. The van der Waals surface area contributed by atoms with Crippen LogP contribution >= 0.6 is 0 Å². The van der Waals surface area contributed by atoms with Crippen molar-refractivity contribution < 1.29 is 0 Å². The summed E-state index contributed by atoms with van der Waals surface area (Å²) in [6.07, 6.45) is 8.87. The molecule has 0 aromatic heterocycles. The van der Waals surface area contributed by atoms with Gasteiger partial charge in [-0.25, -0.2) is 0 Å². The van der Waals surface area contributed by atoms with E-state index in [0.29, 0.717) is 0 Å². The van der Waals surface area contributed by atoms with Crippen LogP contribution in [-0.4, -0.2) is 23.1 Å². The molecule has 0 aliphatic carbocycles. The average Bonchev–Trinajstić information content (AvgIpc) is 3.42. The molecule has 2 aliphatic heterocycles. The Morgan fingerprint density at radius 3 is 1.31 bits per heavy atom. The molecule has 5 rings (SSSR count). The van der Waals surface area contributed by atoms with Crippen LogP contribution in [0.25, 0.3) is 0 Å². The molecule has 0 atom stereocenters. The summed E-state index contributed by atoms with van der Waals surface area (Å²) in [7, 11) is 0. The van der Waals surface area contributed by atoms with Gasteiger partial charge in [-0.15, -0.1) is 0 Å². The van der Waals surface area contributed by atoms with E-state index >= 15 is 0 Å². The number of hydrogen-bond acceptors (Lipinski definition) is 4. The smallest absolute Gasteiger partial charge is 0.0945 e. The summed E-state index contributed by atoms with van der Waals surface area (Å²) in [5, 5.41) is 0. The molecule has 3 aromatic rings. The Morgan fingerprint density at radius 2 is 0.917 bits per heavy atom. The third kappa shape index (κ3) is 4.99. The number of benzene rings is 3. The molecule has 2 aliphatic rings. The van der Waals surface area contributed by atoms with Gasteiger partial charge < -0.3 is 19.6 Å². The van der Waals surface area contributed by atoms with Crippen molar-refractivity contribution in [3.63, 3.8) is 0 Å². The highest BCUT2D eigenvalue weighted by atomic mass is 15.3. The van der Waals surface area contributed by atoms with Gasteiger partial charge in [-0.2, -0.15) is 0 Å². The van der Waals surface area contributed by atoms with Crippen LogP contribution in [0, 0.1) is 41.5 Å². The minimum Gasteiger partial charge on any atom is -0.354 e. The highest BCUT2D eigenvalue weighted by Crippen LogP contribution is 2.31. The van der Waals surface area contributed by atoms with Crippen molar-refractivity contribution in [3.05, 3.63) is 118 Å². The highest BCUT2D eigenvalue weighted by molar-refractivity contribution is 5.63. The lowest BCUT2D eigenvalue weighted by atomic mass is 10.0. The molecular formula is C32H38N4. The maximum absolute atomic E-state index is 2.39. The molecular weight excluding hydrogens is 440 g/mol. The maximum Gasteiger partial charge on any atom is 0.0945 e. The third-order valence-corrected chi connectivity index (χ3v) is 7.19. The van der Waals surface area contributed by atoms with Gasteiger partial charge in [-0.1, -0.05) is 59.7 Å². The Kier molecular flexibility index (Phi) is 6.53. The van der Waals surface area contributed by atoms with Crippen molar-refractivity contribution in [3.8, 4) is 0 Å². The summed E-state index contributed by atoms with van der Waals surface area (Å²) in [4.78, 5) is 9.51. The summed E-state index contributed by atoms with van der Waals surface area (Å²) in [6, 6.07) is 18.1. The van der Waals surface area contributed by atoms with Crippen molar-refractivity contribution in [1.82, 2.24) is 9.80 Å². The van der Waals surface area contributed by atoms with E-state index in [9.17, 15) is 0 Å². The largest absolute Gasteiger partial charge is 0.354 e. The lowest BCUT2D eigenvalue weighted by Gasteiger charge is -2.25. The number of hydrogen-bond donors (Lipinski definition) is 0. The van der Waals surface area contributed by atoms with E-state index in [1.54, 1.807) is 0 Å². The van der Waals surface area contributed by atoms with E-state index in [1.165, 1.54) is 55.9 Å². The van der Waals surface area contributed by atoms with Crippen molar-refractivity contribution >= 4 is 11.4 Å². The SMILES string of the molecule is Cc1cc(C)c(N2C=CN(Cc3cccc(CN4C=CN(c5c(C)cc(C)cc5C)C4)c3)C2)c(C)c1. The fourth-order valence-corrected chi connectivity index (χ4v) is 5.97. The lowest BCUT2D eigenvalue weighted by Crippen LogP contribution is -2.26. The molecule has 4 heteroatoms. The van der Waals surface area contributed by atoms with Crippen LogP contribution in [0.15, 0.2) is 73.3 Å². The van der Waals surface area contributed by atoms with Gasteiger partial charge in [0.1, 0.15) is 0 Å². The van der Waals surface area contributed by atoms with Gasteiger partial charge >= 0.3 is 0 Å². The molecule has 2 heterocycles. The van der Waals surface area contributed by atoms with Crippen molar-refractivity contribution in [1.29, 1.82) is 0 Å². The Hall–Kier alpha value is -3.66. The van der Waals surface area contributed by atoms with Crippen molar-refractivity contribution in [2.24, 2.45) is 0 Å². The molecule has 3 aromatic carbocycles. The van der Waals surface area contributed by atoms with Gasteiger partial charge in [0.05, 0.1) is 13.3 Å². The fraction of sp³-hybridized carbons (Fsp3) is 0.312. The zero-order valence-electron chi connectivity index (χ0n) is 22.5. The first kappa shape index (κ1) is 24.1. The summed E-state index contributed by atoms with van der Waals surface area (Å²) < 4.78 is 0. The van der Waals surface area contributed by atoms with Gasteiger partial charge in [0, 0.05) is 49.3 Å². The maximum atomic E-state index is 2.39.